The normalized spacial score (nSPS) is 13.5. The molecular formula is C26H32Cl3NO6S. The molecule has 0 spiro atoms. The van der Waals surface area contributed by atoms with Gasteiger partial charge in [-0.2, -0.15) is 11.8 Å². The molecule has 37 heavy (non-hydrogen) atoms. The van der Waals surface area contributed by atoms with Crippen molar-refractivity contribution < 1.29 is 28.9 Å². The van der Waals surface area contributed by atoms with Crippen molar-refractivity contribution in [2.24, 2.45) is 0 Å². The van der Waals surface area contributed by atoms with Crippen molar-refractivity contribution in [3.05, 3.63) is 65.7 Å². The third-order valence-corrected chi connectivity index (χ3v) is 6.76. The molecule has 0 aliphatic heterocycles. The topological polar surface area (TPSA) is 85.3 Å². The maximum absolute atomic E-state index is 13.4. The fourth-order valence-electron chi connectivity index (χ4n) is 3.32. The van der Waals surface area contributed by atoms with E-state index in [4.69, 9.17) is 49.0 Å². The summed E-state index contributed by atoms with van der Waals surface area (Å²) in [7, 11) is 1.55. The molecule has 7 nitrogen and oxygen atoms in total. The molecule has 0 saturated carbocycles. The zero-order chi connectivity index (χ0) is 27.6. The van der Waals surface area contributed by atoms with Gasteiger partial charge in [0.05, 0.1) is 26.4 Å². The van der Waals surface area contributed by atoms with E-state index in [9.17, 15) is 14.7 Å². The van der Waals surface area contributed by atoms with Gasteiger partial charge in [-0.3, -0.25) is 4.90 Å². The first-order chi connectivity index (χ1) is 17.3. The molecule has 0 aliphatic rings. The number of carbonyl (C=O) groups excluding carboxylic acids is 1. The largest absolute Gasteiger partial charge is 0.497 e. The molecule has 2 aromatic carbocycles. The number of methoxy groups -OCH3 is 1. The van der Waals surface area contributed by atoms with E-state index in [1.54, 1.807) is 43.1 Å². The van der Waals surface area contributed by atoms with Gasteiger partial charge in [0.25, 0.3) is 0 Å². The minimum Gasteiger partial charge on any atom is -0.497 e. The maximum atomic E-state index is 13.4. The summed E-state index contributed by atoms with van der Waals surface area (Å²) in [6.45, 7) is 5.45. The molecule has 0 aromatic heterocycles. The molecule has 1 amide bonds. The summed E-state index contributed by atoms with van der Waals surface area (Å²) >= 11 is 19.0. The number of alkyl halides is 3. The monoisotopic (exact) mass is 591 g/mol. The lowest BCUT2D eigenvalue weighted by atomic mass is 10.0. The van der Waals surface area contributed by atoms with E-state index in [1.165, 1.54) is 0 Å². The van der Waals surface area contributed by atoms with Gasteiger partial charge in [0.15, 0.2) is 6.04 Å². The van der Waals surface area contributed by atoms with Crippen LogP contribution in [0.15, 0.2) is 54.6 Å². The molecule has 0 heterocycles. The van der Waals surface area contributed by atoms with E-state index in [0.29, 0.717) is 17.1 Å². The Morgan fingerprint density at radius 1 is 1.03 bits per heavy atom. The van der Waals surface area contributed by atoms with Crippen molar-refractivity contribution in [2.45, 2.75) is 48.0 Å². The quantitative estimate of drug-likeness (QED) is 0.273. The molecule has 2 aromatic rings. The summed E-state index contributed by atoms with van der Waals surface area (Å²) in [5.41, 5.74) is 1.56. The number of thioether (sulfide) groups is 1. The van der Waals surface area contributed by atoms with E-state index in [-0.39, 0.29) is 18.0 Å². The molecule has 2 rings (SSSR count). The number of halogens is 3. The first kappa shape index (κ1) is 31.4. The van der Waals surface area contributed by atoms with Crippen LogP contribution >= 0.6 is 46.6 Å². The van der Waals surface area contributed by atoms with E-state index in [1.807, 2.05) is 51.1 Å². The first-order valence-electron chi connectivity index (χ1n) is 11.4. The first-order valence-corrected chi connectivity index (χ1v) is 13.6. The third-order valence-electron chi connectivity index (χ3n) is 5.09. The minimum absolute atomic E-state index is 0.166. The summed E-state index contributed by atoms with van der Waals surface area (Å²) in [5.74, 6) is -0.253. The molecule has 11 heteroatoms. The second-order valence-corrected chi connectivity index (χ2v) is 13.5. The van der Waals surface area contributed by atoms with Crippen LogP contribution in [0.3, 0.4) is 0 Å². The van der Waals surface area contributed by atoms with Gasteiger partial charge in [-0.1, -0.05) is 98.0 Å². The third kappa shape index (κ3) is 11.2. The highest BCUT2D eigenvalue weighted by atomic mass is 35.6. The van der Waals surface area contributed by atoms with Crippen LogP contribution in [-0.2, 0) is 20.9 Å². The lowest BCUT2D eigenvalue weighted by Gasteiger charge is -2.37. The van der Waals surface area contributed by atoms with Gasteiger partial charge in [0.2, 0.25) is 3.79 Å². The van der Waals surface area contributed by atoms with Crippen LogP contribution in [0.4, 0.5) is 4.79 Å². The van der Waals surface area contributed by atoms with Crippen molar-refractivity contribution in [2.75, 3.05) is 26.1 Å². The number of benzene rings is 2. The molecule has 0 fully saturated rings. The molecule has 204 valence electrons. The standard InChI is InChI=1S/C26H32Cl3NO6S/c1-25(2,3)37-16-22(19-10-12-20(34-4)13-11-19)30(24(33)36-17-26(27,28)29)21(23(31)32)15-35-14-18-8-6-5-7-9-18/h5-13,21-22H,14-17H2,1-4H3,(H,31,32)/t21-,22+/m0/s1. The van der Waals surface area contributed by atoms with Crippen molar-refractivity contribution in [1.82, 2.24) is 4.90 Å². The number of carboxylic acid groups (broad SMARTS) is 1. The Morgan fingerprint density at radius 2 is 1.65 bits per heavy atom. The molecule has 0 bridgehead atoms. The molecule has 0 unspecified atom stereocenters. The molecule has 0 saturated heterocycles. The Morgan fingerprint density at radius 3 is 2.16 bits per heavy atom. The fourth-order valence-corrected chi connectivity index (χ4v) is 4.49. The van der Waals surface area contributed by atoms with Gasteiger partial charge < -0.3 is 19.3 Å². The van der Waals surface area contributed by atoms with Gasteiger partial charge in [0, 0.05) is 10.5 Å². The number of aliphatic carboxylic acids is 1. The fraction of sp³-hybridized carbons (Fsp3) is 0.462. The van der Waals surface area contributed by atoms with Crippen molar-refractivity contribution >= 4 is 58.6 Å². The summed E-state index contributed by atoms with van der Waals surface area (Å²) < 4.78 is 14.3. The zero-order valence-electron chi connectivity index (χ0n) is 21.2. The number of carbonyl (C=O) groups is 2. The Balaban J connectivity index is 2.44. The summed E-state index contributed by atoms with van der Waals surface area (Å²) in [5, 5.41) is 10.2. The van der Waals surface area contributed by atoms with Crippen molar-refractivity contribution in [1.29, 1.82) is 0 Å². The number of ether oxygens (including phenoxy) is 3. The summed E-state index contributed by atoms with van der Waals surface area (Å²) in [4.78, 5) is 27.1. The van der Waals surface area contributed by atoms with Gasteiger partial charge >= 0.3 is 12.1 Å². The predicted octanol–water partition coefficient (Wildman–Crippen LogP) is 6.75. The van der Waals surface area contributed by atoms with Gasteiger partial charge in [-0.05, 0) is 23.3 Å². The summed E-state index contributed by atoms with van der Waals surface area (Å²) in [6.07, 6.45) is -0.933. The Bertz CT molecular complexity index is 996. The van der Waals surface area contributed by atoms with Gasteiger partial charge in [0.1, 0.15) is 12.4 Å². The summed E-state index contributed by atoms with van der Waals surface area (Å²) in [6, 6.07) is 14.3. The molecule has 2 atom stereocenters. The van der Waals surface area contributed by atoms with Crippen LogP contribution in [-0.4, -0.2) is 62.7 Å². The van der Waals surface area contributed by atoms with Crippen molar-refractivity contribution in [3.63, 3.8) is 0 Å². The van der Waals surface area contributed by atoms with E-state index in [2.05, 4.69) is 0 Å². The Labute approximate surface area is 237 Å². The van der Waals surface area contributed by atoms with Crippen LogP contribution in [0.2, 0.25) is 0 Å². The van der Waals surface area contributed by atoms with Crippen molar-refractivity contribution in [3.8, 4) is 5.75 Å². The predicted molar refractivity (Wildman–Crippen MR) is 149 cm³/mol. The van der Waals surface area contributed by atoms with Crippen LogP contribution in [0.5, 0.6) is 5.75 Å². The second-order valence-electron chi connectivity index (χ2n) is 9.14. The van der Waals surface area contributed by atoms with Crippen LogP contribution in [0.25, 0.3) is 0 Å². The van der Waals surface area contributed by atoms with E-state index in [0.717, 1.165) is 10.5 Å². The molecule has 0 radical (unpaired) electrons. The average molecular weight is 593 g/mol. The highest BCUT2D eigenvalue weighted by Crippen LogP contribution is 2.35. The second kappa shape index (κ2) is 14.4. The highest BCUT2D eigenvalue weighted by molar-refractivity contribution is 8.00. The van der Waals surface area contributed by atoms with Gasteiger partial charge in [-0.15, -0.1) is 0 Å². The number of rotatable bonds is 12. The number of hydrogen-bond donors (Lipinski definition) is 1. The lowest BCUT2D eigenvalue weighted by molar-refractivity contribution is -0.146. The smallest absolute Gasteiger partial charge is 0.411 e. The number of carboxylic acids is 1. The zero-order valence-corrected chi connectivity index (χ0v) is 24.2. The van der Waals surface area contributed by atoms with Crippen LogP contribution in [0.1, 0.15) is 37.9 Å². The average Bonchev–Trinajstić information content (AvgIpc) is 2.83. The van der Waals surface area contributed by atoms with Crippen LogP contribution < -0.4 is 4.74 Å². The van der Waals surface area contributed by atoms with E-state index < -0.39 is 34.5 Å². The molecule has 0 aliphatic carbocycles. The van der Waals surface area contributed by atoms with Crippen LogP contribution in [0, 0.1) is 0 Å². The lowest BCUT2D eigenvalue weighted by Crippen LogP contribution is -2.51. The highest BCUT2D eigenvalue weighted by Gasteiger charge is 2.39. The Hall–Kier alpha value is -1.84. The van der Waals surface area contributed by atoms with E-state index >= 15 is 0 Å². The number of nitrogens with zero attached hydrogens (tertiary/aromatic N) is 1. The Kier molecular flexibility index (Phi) is 12.2. The molecule has 1 N–H and O–H groups in total. The molecular weight excluding hydrogens is 561 g/mol. The SMILES string of the molecule is COc1ccc([C@@H](CSC(C)(C)C)N(C(=O)OCC(Cl)(Cl)Cl)[C@@H](COCc2ccccc2)C(=O)O)cc1. The number of hydrogen-bond acceptors (Lipinski definition) is 6. The van der Waals surface area contributed by atoms with Gasteiger partial charge in [-0.25, -0.2) is 9.59 Å². The minimum atomic E-state index is -1.86. The maximum Gasteiger partial charge on any atom is 0.411 e. The number of amides is 1.